The fourth-order valence-corrected chi connectivity index (χ4v) is 1.00. The van der Waals surface area contributed by atoms with Crippen LogP contribution < -0.4 is 0 Å². The van der Waals surface area contributed by atoms with Crippen molar-refractivity contribution < 1.29 is 28.6 Å². The van der Waals surface area contributed by atoms with Crippen LogP contribution in [0.2, 0.25) is 0 Å². The van der Waals surface area contributed by atoms with E-state index >= 15 is 0 Å². The van der Waals surface area contributed by atoms with Gasteiger partial charge in [-0.2, -0.15) is 0 Å². The Morgan fingerprint density at radius 1 is 1.00 bits per heavy atom. The second-order valence-electron chi connectivity index (χ2n) is 2.88. The molecule has 0 N–H and O–H groups in total. The monoisotopic (exact) mass is 246 g/mol. The van der Waals surface area contributed by atoms with Gasteiger partial charge in [0.05, 0.1) is 13.2 Å². The third kappa shape index (κ3) is 6.39. The van der Waals surface area contributed by atoms with Crippen molar-refractivity contribution in [3.05, 3.63) is 7.11 Å². The Kier molecular flexibility index (Phi) is 7.49. The largest absolute Gasteiger partial charge is 0.465 e. The first kappa shape index (κ1) is 15.2. The summed E-state index contributed by atoms with van der Waals surface area (Å²) in [6, 6.07) is 0. The van der Waals surface area contributed by atoms with Gasteiger partial charge in [0.1, 0.15) is 20.2 Å². The second-order valence-corrected chi connectivity index (χ2v) is 2.88. The summed E-state index contributed by atoms with van der Waals surface area (Å²) in [6.07, 6.45) is -0.897. The fraction of sp³-hybridized carbons (Fsp3) is 0.600. The Morgan fingerprint density at radius 3 is 1.71 bits per heavy atom. The van der Waals surface area contributed by atoms with Gasteiger partial charge in [0.15, 0.2) is 0 Å². The van der Waals surface area contributed by atoms with E-state index in [4.69, 9.17) is 0 Å². The maximum atomic E-state index is 11.2. The van der Waals surface area contributed by atoms with Crippen LogP contribution in [0.4, 0.5) is 4.79 Å². The third-order valence-corrected chi connectivity index (χ3v) is 1.63. The Balaban J connectivity index is 4.38. The van der Waals surface area contributed by atoms with Crippen LogP contribution in [0.5, 0.6) is 0 Å². The number of carbonyl (C=O) groups is 3. The highest BCUT2D eigenvalue weighted by molar-refractivity contribution is 5.82. The summed E-state index contributed by atoms with van der Waals surface area (Å²) in [5, 5.41) is 0. The van der Waals surface area contributed by atoms with E-state index in [0.717, 1.165) is 4.90 Å². The topological polar surface area (TPSA) is 82.1 Å². The maximum absolute atomic E-state index is 11.2. The lowest BCUT2D eigenvalue weighted by Gasteiger charge is -2.18. The highest BCUT2D eigenvalue weighted by atomic mass is 16.6. The van der Waals surface area contributed by atoms with E-state index in [2.05, 4.69) is 21.3 Å². The summed E-state index contributed by atoms with van der Waals surface area (Å²) in [4.78, 5) is 34.4. The van der Waals surface area contributed by atoms with E-state index < -0.39 is 18.0 Å². The Bertz CT molecular complexity index is 258. The maximum Gasteiger partial charge on any atom is 0.410 e. The van der Waals surface area contributed by atoms with Crippen molar-refractivity contribution in [3.63, 3.8) is 0 Å². The molecule has 1 radical (unpaired) electrons. The predicted octanol–water partition coefficient (Wildman–Crippen LogP) is 0.343. The number of hydrogen-bond donors (Lipinski definition) is 0. The van der Waals surface area contributed by atoms with Gasteiger partial charge in [-0.25, -0.2) is 4.79 Å². The molecule has 7 nitrogen and oxygen atoms in total. The Morgan fingerprint density at radius 2 is 1.41 bits per heavy atom. The molecule has 1 amide bonds. The molecule has 0 aliphatic carbocycles. The molecule has 0 heterocycles. The molecule has 0 aliphatic rings. The molecule has 97 valence electrons. The van der Waals surface area contributed by atoms with Crippen LogP contribution >= 0.6 is 0 Å². The van der Waals surface area contributed by atoms with Crippen molar-refractivity contribution in [1.82, 2.24) is 4.90 Å². The summed E-state index contributed by atoms with van der Waals surface area (Å²) >= 11 is 0. The van der Waals surface area contributed by atoms with E-state index in [0.29, 0.717) is 0 Å². The number of ether oxygens (including phenoxy) is 3. The molecular formula is C10H16NO6. The van der Waals surface area contributed by atoms with E-state index in [1.807, 2.05) is 0 Å². The van der Waals surface area contributed by atoms with Crippen molar-refractivity contribution in [3.8, 4) is 0 Å². The molecule has 0 aromatic heterocycles. The van der Waals surface area contributed by atoms with Gasteiger partial charge in [0.2, 0.25) is 0 Å². The molecule has 0 fully saturated rings. The molecule has 0 aliphatic heterocycles. The predicted molar refractivity (Wildman–Crippen MR) is 56.7 cm³/mol. The fourth-order valence-electron chi connectivity index (χ4n) is 1.00. The first-order valence-corrected chi connectivity index (χ1v) is 5.07. The summed E-state index contributed by atoms with van der Waals surface area (Å²) in [5.74, 6) is -1.27. The lowest BCUT2D eigenvalue weighted by Crippen LogP contribution is -2.40. The minimum absolute atomic E-state index is 0.186. The lowest BCUT2D eigenvalue weighted by molar-refractivity contribution is -0.147. The normalized spacial score (nSPS) is 9.35. The van der Waals surface area contributed by atoms with Crippen LogP contribution in [0.3, 0.4) is 0 Å². The van der Waals surface area contributed by atoms with Gasteiger partial charge in [-0.3, -0.25) is 14.5 Å². The van der Waals surface area contributed by atoms with E-state index in [9.17, 15) is 14.4 Å². The van der Waals surface area contributed by atoms with Gasteiger partial charge in [-0.1, -0.05) is 0 Å². The molecule has 0 atom stereocenters. The molecule has 0 aromatic rings. The third-order valence-electron chi connectivity index (χ3n) is 1.63. The zero-order valence-electron chi connectivity index (χ0n) is 9.93. The van der Waals surface area contributed by atoms with Crippen molar-refractivity contribution in [2.75, 3.05) is 26.3 Å². The minimum atomic E-state index is -0.897. The highest BCUT2D eigenvalue weighted by Crippen LogP contribution is 1.96. The number of carbonyl (C=O) groups excluding carboxylic acids is 3. The zero-order chi connectivity index (χ0) is 13.3. The Hall–Kier alpha value is -1.79. The van der Waals surface area contributed by atoms with Crippen molar-refractivity contribution in [2.45, 2.75) is 13.8 Å². The van der Waals surface area contributed by atoms with Gasteiger partial charge in [0, 0.05) is 0 Å². The highest BCUT2D eigenvalue weighted by Gasteiger charge is 2.21. The van der Waals surface area contributed by atoms with Gasteiger partial charge in [-0.15, -0.1) is 0 Å². The van der Waals surface area contributed by atoms with Crippen LogP contribution in [-0.2, 0) is 23.8 Å². The quantitative estimate of drug-likeness (QED) is 0.496. The summed E-state index contributed by atoms with van der Waals surface area (Å²) in [5.41, 5.74) is 0. The average molecular weight is 246 g/mol. The van der Waals surface area contributed by atoms with Crippen LogP contribution in [0.1, 0.15) is 13.8 Å². The molecule has 0 aromatic carbocycles. The molecule has 0 rings (SSSR count). The van der Waals surface area contributed by atoms with E-state index in [1.54, 1.807) is 13.8 Å². The van der Waals surface area contributed by atoms with Crippen LogP contribution in [0, 0.1) is 7.11 Å². The molecular weight excluding hydrogens is 230 g/mol. The number of esters is 2. The lowest BCUT2D eigenvalue weighted by atomic mass is 10.5. The van der Waals surface area contributed by atoms with Crippen molar-refractivity contribution in [1.29, 1.82) is 0 Å². The molecule has 0 saturated heterocycles. The standard InChI is InChI=1S/C10H16NO6/c1-4-16-8(12)6-11(10(14)15-3)7-9(13)17-5-2/h3-7H2,1-2H3. The minimum Gasteiger partial charge on any atom is -0.465 e. The Labute approximate surface area is 99.6 Å². The smallest absolute Gasteiger partial charge is 0.410 e. The van der Waals surface area contributed by atoms with Gasteiger partial charge in [-0.05, 0) is 13.8 Å². The molecule has 17 heavy (non-hydrogen) atoms. The van der Waals surface area contributed by atoms with Crippen LogP contribution in [0.15, 0.2) is 0 Å². The SMILES string of the molecule is [CH2]OC(=O)N(CC(=O)OCC)CC(=O)OCC. The molecule has 0 unspecified atom stereocenters. The summed E-state index contributed by atoms with van der Waals surface area (Å²) < 4.78 is 13.5. The summed E-state index contributed by atoms with van der Waals surface area (Å²) in [7, 11) is 2.92. The number of rotatable bonds is 6. The first-order chi connectivity index (χ1) is 8.04. The average Bonchev–Trinajstić information content (AvgIpc) is 2.27. The van der Waals surface area contributed by atoms with E-state index in [1.165, 1.54) is 0 Å². The molecule has 0 saturated carbocycles. The first-order valence-electron chi connectivity index (χ1n) is 5.07. The van der Waals surface area contributed by atoms with Gasteiger partial charge < -0.3 is 14.2 Å². The molecule has 0 spiro atoms. The second kappa shape index (κ2) is 8.37. The van der Waals surface area contributed by atoms with Crippen LogP contribution in [-0.4, -0.2) is 49.2 Å². The van der Waals surface area contributed by atoms with Gasteiger partial charge >= 0.3 is 18.0 Å². The zero-order valence-corrected chi connectivity index (χ0v) is 9.93. The number of nitrogens with zero attached hydrogens (tertiary/aromatic N) is 1. The van der Waals surface area contributed by atoms with Crippen LogP contribution in [0.25, 0.3) is 0 Å². The van der Waals surface area contributed by atoms with Crippen molar-refractivity contribution in [2.24, 2.45) is 0 Å². The molecule has 0 bridgehead atoms. The number of hydrogen-bond acceptors (Lipinski definition) is 6. The van der Waals surface area contributed by atoms with Crippen molar-refractivity contribution >= 4 is 18.0 Å². The number of amides is 1. The molecule has 7 heteroatoms. The van der Waals surface area contributed by atoms with E-state index in [-0.39, 0.29) is 26.3 Å². The summed E-state index contributed by atoms with van der Waals surface area (Å²) in [6.45, 7) is 2.86. The van der Waals surface area contributed by atoms with Gasteiger partial charge in [0.25, 0.3) is 0 Å².